The standard InChI is InChI=1S/C12H11ClN2O2/c1-2-17-8-9(7-14)12(16)15-11-5-3-10(13)4-6-11/h3-6,8H,2H2,1H3,(H,15,16)/b9-8+. The zero-order valence-electron chi connectivity index (χ0n) is 9.24. The minimum Gasteiger partial charge on any atom is -0.500 e. The van der Waals surface area contributed by atoms with Gasteiger partial charge in [0.2, 0.25) is 0 Å². The number of hydrogen-bond donors (Lipinski definition) is 1. The molecule has 0 aliphatic carbocycles. The molecule has 0 bridgehead atoms. The molecule has 1 rings (SSSR count). The Balaban J connectivity index is 2.71. The van der Waals surface area contributed by atoms with Crippen molar-refractivity contribution < 1.29 is 9.53 Å². The summed E-state index contributed by atoms with van der Waals surface area (Å²) in [6.07, 6.45) is 1.14. The van der Waals surface area contributed by atoms with Crippen LogP contribution in [0, 0.1) is 11.3 Å². The van der Waals surface area contributed by atoms with Gasteiger partial charge in [0.1, 0.15) is 12.3 Å². The molecule has 1 amide bonds. The first-order chi connectivity index (χ1) is 8.17. The molecule has 0 radical (unpaired) electrons. The first-order valence-corrected chi connectivity index (χ1v) is 5.34. The maximum Gasteiger partial charge on any atom is 0.269 e. The quantitative estimate of drug-likeness (QED) is 0.508. The topological polar surface area (TPSA) is 62.1 Å². The number of hydrogen-bond acceptors (Lipinski definition) is 3. The Morgan fingerprint density at radius 1 is 1.53 bits per heavy atom. The number of halogens is 1. The molecular weight excluding hydrogens is 240 g/mol. The molecule has 0 saturated heterocycles. The summed E-state index contributed by atoms with van der Waals surface area (Å²) in [6.45, 7) is 2.17. The number of anilines is 1. The van der Waals surface area contributed by atoms with Crippen molar-refractivity contribution in [3.63, 3.8) is 0 Å². The second-order valence-electron chi connectivity index (χ2n) is 3.06. The van der Waals surface area contributed by atoms with Crippen LogP contribution in [0.2, 0.25) is 5.02 Å². The van der Waals surface area contributed by atoms with Gasteiger partial charge in [-0.3, -0.25) is 4.79 Å². The van der Waals surface area contributed by atoms with E-state index in [9.17, 15) is 4.79 Å². The molecule has 0 heterocycles. The van der Waals surface area contributed by atoms with Crippen molar-refractivity contribution >= 4 is 23.2 Å². The van der Waals surface area contributed by atoms with Crippen molar-refractivity contribution in [3.8, 4) is 6.07 Å². The second-order valence-corrected chi connectivity index (χ2v) is 3.50. The number of carbonyl (C=O) groups is 1. The van der Waals surface area contributed by atoms with Crippen molar-refractivity contribution in [2.45, 2.75) is 6.92 Å². The van der Waals surface area contributed by atoms with Crippen molar-refractivity contribution in [3.05, 3.63) is 41.1 Å². The van der Waals surface area contributed by atoms with Crippen LogP contribution in [0.1, 0.15) is 6.92 Å². The zero-order chi connectivity index (χ0) is 12.7. The Kier molecular flexibility index (Phi) is 5.05. The summed E-state index contributed by atoms with van der Waals surface area (Å²) in [5.74, 6) is -0.511. The number of ether oxygens (including phenoxy) is 1. The molecule has 88 valence electrons. The number of nitriles is 1. The minimum atomic E-state index is -0.511. The van der Waals surface area contributed by atoms with Gasteiger partial charge in [-0.25, -0.2) is 0 Å². The third-order valence-electron chi connectivity index (χ3n) is 1.84. The largest absolute Gasteiger partial charge is 0.500 e. The maximum atomic E-state index is 11.6. The molecular formula is C12H11ClN2O2. The van der Waals surface area contributed by atoms with Gasteiger partial charge in [0.05, 0.1) is 6.61 Å². The molecule has 0 unspecified atom stereocenters. The fraction of sp³-hybridized carbons (Fsp3) is 0.167. The van der Waals surface area contributed by atoms with E-state index in [1.165, 1.54) is 0 Å². The molecule has 0 fully saturated rings. The smallest absolute Gasteiger partial charge is 0.269 e. The second kappa shape index (κ2) is 6.56. The molecule has 17 heavy (non-hydrogen) atoms. The first kappa shape index (κ1) is 13.1. The van der Waals surface area contributed by atoms with Gasteiger partial charge < -0.3 is 10.1 Å². The van der Waals surface area contributed by atoms with Gasteiger partial charge in [0.15, 0.2) is 5.57 Å². The van der Waals surface area contributed by atoms with Gasteiger partial charge in [-0.2, -0.15) is 5.26 Å². The number of amides is 1. The van der Waals surface area contributed by atoms with Crippen molar-refractivity contribution in [1.82, 2.24) is 0 Å². The Bertz CT molecular complexity index is 460. The highest BCUT2D eigenvalue weighted by molar-refractivity contribution is 6.30. The molecule has 4 nitrogen and oxygen atoms in total. The van der Waals surface area contributed by atoms with Crippen LogP contribution in [0.4, 0.5) is 5.69 Å². The fourth-order valence-electron chi connectivity index (χ4n) is 1.03. The molecule has 0 aromatic heterocycles. The number of carbonyl (C=O) groups excluding carboxylic acids is 1. The van der Waals surface area contributed by atoms with Crippen LogP contribution in [0.15, 0.2) is 36.1 Å². The summed E-state index contributed by atoms with van der Waals surface area (Å²) in [5.41, 5.74) is 0.485. The van der Waals surface area contributed by atoms with E-state index in [-0.39, 0.29) is 5.57 Å². The molecule has 5 heteroatoms. The Hall–Kier alpha value is -1.99. The van der Waals surface area contributed by atoms with Crippen LogP contribution in [0.3, 0.4) is 0 Å². The highest BCUT2D eigenvalue weighted by Gasteiger charge is 2.09. The lowest BCUT2D eigenvalue weighted by atomic mass is 10.2. The lowest BCUT2D eigenvalue weighted by Gasteiger charge is -2.04. The normalized spacial score (nSPS) is 10.5. The summed E-state index contributed by atoms with van der Waals surface area (Å²) in [6, 6.07) is 8.36. The van der Waals surface area contributed by atoms with Crippen LogP contribution in [0.25, 0.3) is 0 Å². The lowest BCUT2D eigenvalue weighted by molar-refractivity contribution is -0.112. The predicted octanol–water partition coefficient (Wildman–Crippen LogP) is 2.72. The Morgan fingerprint density at radius 2 is 2.18 bits per heavy atom. The van der Waals surface area contributed by atoms with Gasteiger partial charge in [-0.15, -0.1) is 0 Å². The number of benzene rings is 1. The Morgan fingerprint density at radius 3 is 2.71 bits per heavy atom. The van der Waals surface area contributed by atoms with Gasteiger partial charge >= 0.3 is 0 Å². The summed E-state index contributed by atoms with van der Waals surface area (Å²) in [7, 11) is 0. The molecule has 0 atom stereocenters. The average Bonchev–Trinajstić information content (AvgIpc) is 2.33. The molecule has 1 N–H and O–H groups in total. The predicted molar refractivity (Wildman–Crippen MR) is 65.4 cm³/mol. The van der Waals surface area contributed by atoms with E-state index >= 15 is 0 Å². The van der Waals surface area contributed by atoms with E-state index < -0.39 is 5.91 Å². The summed E-state index contributed by atoms with van der Waals surface area (Å²) in [4.78, 5) is 11.6. The van der Waals surface area contributed by atoms with Gasteiger partial charge in [0.25, 0.3) is 5.91 Å². The van der Waals surface area contributed by atoms with E-state index in [4.69, 9.17) is 21.6 Å². The van der Waals surface area contributed by atoms with Gasteiger partial charge in [-0.1, -0.05) is 11.6 Å². The molecule has 0 spiro atoms. The van der Waals surface area contributed by atoms with Crippen molar-refractivity contribution in [2.24, 2.45) is 0 Å². The average molecular weight is 251 g/mol. The third kappa shape index (κ3) is 4.17. The van der Waals surface area contributed by atoms with E-state index in [1.54, 1.807) is 37.3 Å². The van der Waals surface area contributed by atoms with Crippen LogP contribution < -0.4 is 5.32 Å². The number of nitrogens with one attached hydrogen (secondary N) is 1. The van der Waals surface area contributed by atoms with Crippen LogP contribution in [0.5, 0.6) is 0 Å². The summed E-state index contributed by atoms with van der Waals surface area (Å²) >= 11 is 5.71. The lowest BCUT2D eigenvalue weighted by Crippen LogP contribution is -2.13. The first-order valence-electron chi connectivity index (χ1n) is 4.96. The van der Waals surface area contributed by atoms with Crippen molar-refractivity contribution in [1.29, 1.82) is 5.26 Å². The molecule has 0 aliphatic rings. The molecule has 1 aromatic carbocycles. The third-order valence-corrected chi connectivity index (χ3v) is 2.09. The minimum absolute atomic E-state index is 0.0817. The maximum absolute atomic E-state index is 11.6. The van der Waals surface area contributed by atoms with E-state index in [0.717, 1.165) is 6.26 Å². The molecule has 1 aromatic rings. The van der Waals surface area contributed by atoms with Gasteiger partial charge in [0, 0.05) is 10.7 Å². The monoisotopic (exact) mass is 250 g/mol. The summed E-state index contributed by atoms with van der Waals surface area (Å²) < 4.78 is 4.90. The van der Waals surface area contributed by atoms with Crippen LogP contribution >= 0.6 is 11.6 Å². The fourth-order valence-corrected chi connectivity index (χ4v) is 1.15. The van der Waals surface area contributed by atoms with Crippen LogP contribution in [-0.2, 0) is 9.53 Å². The van der Waals surface area contributed by atoms with E-state index in [1.807, 2.05) is 0 Å². The highest BCUT2D eigenvalue weighted by atomic mass is 35.5. The number of rotatable bonds is 4. The van der Waals surface area contributed by atoms with Gasteiger partial charge in [-0.05, 0) is 31.2 Å². The zero-order valence-corrected chi connectivity index (χ0v) is 9.99. The Labute approximate surface area is 104 Å². The molecule has 0 saturated carbocycles. The van der Waals surface area contributed by atoms with E-state index in [2.05, 4.69) is 5.32 Å². The van der Waals surface area contributed by atoms with E-state index in [0.29, 0.717) is 17.3 Å². The number of nitrogens with zero attached hydrogens (tertiary/aromatic N) is 1. The molecule has 0 aliphatic heterocycles. The van der Waals surface area contributed by atoms with Crippen LogP contribution in [-0.4, -0.2) is 12.5 Å². The summed E-state index contributed by atoms with van der Waals surface area (Å²) in [5, 5.41) is 11.9. The SMILES string of the molecule is CCO/C=C(\C#N)C(=O)Nc1ccc(Cl)cc1. The van der Waals surface area contributed by atoms with Crippen molar-refractivity contribution in [2.75, 3.05) is 11.9 Å². The highest BCUT2D eigenvalue weighted by Crippen LogP contribution is 2.14.